The fraction of sp³-hybridized carbons (Fsp3) is 0.200. The SMILES string of the molecule is CN(C)Cc1cc(NC(=O)/C=C/c2ccccc2Cl)n[nH]1. The summed E-state index contributed by atoms with van der Waals surface area (Å²) < 4.78 is 0. The Hall–Kier alpha value is -2.11. The lowest BCUT2D eigenvalue weighted by molar-refractivity contribution is -0.111. The van der Waals surface area contributed by atoms with E-state index >= 15 is 0 Å². The summed E-state index contributed by atoms with van der Waals surface area (Å²) >= 11 is 6.01. The zero-order chi connectivity index (χ0) is 15.2. The quantitative estimate of drug-likeness (QED) is 0.835. The van der Waals surface area contributed by atoms with Gasteiger partial charge in [-0.2, -0.15) is 5.10 Å². The molecule has 0 aliphatic carbocycles. The molecule has 0 radical (unpaired) electrons. The Kier molecular flexibility index (Phi) is 5.14. The Balaban J connectivity index is 1.95. The smallest absolute Gasteiger partial charge is 0.249 e. The van der Waals surface area contributed by atoms with Crippen LogP contribution in [-0.2, 0) is 11.3 Å². The number of hydrogen-bond acceptors (Lipinski definition) is 3. The summed E-state index contributed by atoms with van der Waals surface area (Å²) in [6, 6.07) is 9.14. The van der Waals surface area contributed by atoms with E-state index in [4.69, 9.17) is 11.6 Å². The molecule has 0 aliphatic rings. The van der Waals surface area contributed by atoms with Crippen LogP contribution in [0, 0.1) is 0 Å². The van der Waals surface area contributed by atoms with Crippen molar-refractivity contribution < 1.29 is 4.79 Å². The number of amides is 1. The van der Waals surface area contributed by atoms with Crippen LogP contribution in [-0.4, -0.2) is 35.1 Å². The van der Waals surface area contributed by atoms with Gasteiger partial charge in [0, 0.05) is 23.7 Å². The third kappa shape index (κ3) is 4.73. The number of benzene rings is 1. The van der Waals surface area contributed by atoms with E-state index in [0.717, 1.165) is 17.8 Å². The van der Waals surface area contributed by atoms with Crippen molar-refractivity contribution in [3.05, 3.63) is 52.7 Å². The molecule has 0 unspecified atom stereocenters. The fourth-order valence-corrected chi connectivity index (χ4v) is 1.99. The zero-order valence-electron chi connectivity index (χ0n) is 11.9. The maximum atomic E-state index is 11.8. The summed E-state index contributed by atoms with van der Waals surface area (Å²) in [5.74, 6) is 0.249. The molecule has 0 aliphatic heterocycles. The Morgan fingerprint density at radius 1 is 1.43 bits per heavy atom. The van der Waals surface area contributed by atoms with Crippen LogP contribution in [0.1, 0.15) is 11.3 Å². The lowest BCUT2D eigenvalue weighted by Gasteiger charge is -2.05. The first-order valence-corrected chi connectivity index (χ1v) is 6.85. The third-order valence-corrected chi connectivity index (χ3v) is 3.03. The largest absolute Gasteiger partial charge is 0.306 e. The van der Waals surface area contributed by atoms with Gasteiger partial charge in [-0.15, -0.1) is 0 Å². The second-order valence-electron chi connectivity index (χ2n) is 4.86. The minimum absolute atomic E-state index is 0.252. The van der Waals surface area contributed by atoms with Crippen molar-refractivity contribution in [2.24, 2.45) is 0 Å². The highest BCUT2D eigenvalue weighted by atomic mass is 35.5. The molecule has 0 bridgehead atoms. The average molecular weight is 305 g/mol. The Labute approximate surface area is 128 Å². The number of carbonyl (C=O) groups excluding carboxylic acids is 1. The van der Waals surface area contributed by atoms with Gasteiger partial charge in [0.05, 0.1) is 5.69 Å². The van der Waals surface area contributed by atoms with Gasteiger partial charge in [-0.25, -0.2) is 0 Å². The van der Waals surface area contributed by atoms with Crippen LogP contribution in [0.5, 0.6) is 0 Å². The summed E-state index contributed by atoms with van der Waals surface area (Å²) in [4.78, 5) is 13.8. The van der Waals surface area contributed by atoms with Crippen molar-refractivity contribution in [2.45, 2.75) is 6.54 Å². The van der Waals surface area contributed by atoms with E-state index in [1.54, 1.807) is 18.2 Å². The average Bonchev–Trinajstić information content (AvgIpc) is 2.84. The first kappa shape index (κ1) is 15.3. The van der Waals surface area contributed by atoms with E-state index in [0.29, 0.717) is 10.8 Å². The number of halogens is 1. The molecular formula is C15H17ClN4O. The molecule has 0 fully saturated rings. The van der Waals surface area contributed by atoms with Gasteiger partial charge in [0.15, 0.2) is 5.82 Å². The second-order valence-corrected chi connectivity index (χ2v) is 5.27. The molecule has 5 nitrogen and oxygen atoms in total. The predicted octanol–water partition coefficient (Wildman–Crippen LogP) is 2.78. The molecule has 0 atom stereocenters. The van der Waals surface area contributed by atoms with Gasteiger partial charge < -0.3 is 10.2 Å². The lowest BCUT2D eigenvalue weighted by atomic mass is 10.2. The highest BCUT2D eigenvalue weighted by molar-refractivity contribution is 6.32. The molecule has 1 heterocycles. The first-order valence-electron chi connectivity index (χ1n) is 6.47. The van der Waals surface area contributed by atoms with E-state index in [1.165, 1.54) is 6.08 Å². The molecule has 0 spiro atoms. The highest BCUT2D eigenvalue weighted by Crippen LogP contribution is 2.16. The summed E-state index contributed by atoms with van der Waals surface area (Å²) in [5, 5.41) is 10.2. The number of rotatable bonds is 5. The summed E-state index contributed by atoms with van der Waals surface area (Å²) in [5.41, 5.74) is 1.73. The molecule has 1 amide bonds. The molecule has 1 aromatic heterocycles. The Bertz CT molecular complexity index is 649. The van der Waals surface area contributed by atoms with Crippen LogP contribution in [0.4, 0.5) is 5.82 Å². The fourth-order valence-electron chi connectivity index (χ4n) is 1.79. The van der Waals surface area contributed by atoms with Crippen molar-refractivity contribution in [1.29, 1.82) is 0 Å². The number of H-pyrrole nitrogens is 1. The van der Waals surface area contributed by atoms with Gasteiger partial charge in [0.1, 0.15) is 0 Å². The number of aromatic amines is 1. The van der Waals surface area contributed by atoms with Crippen molar-refractivity contribution in [2.75, 3.05) is 19.4 Å². The standard InChI is InChI=1S/C15H17ClN4O/c1-20(2)10-12-9-14(19-18-12)17-15(21)8-7-11-5-3-4-6-13(11)16/h3-9H,10H2,1-2H3,(H2,17,18,19,21)/b8-7+. The normalized spacial score (nSPS) is 11.2. The number of anilines is 1. The number of aromatic nitrogens is 2. The number of nitrogens with one attached hydrogen (secondary N) is 2. The molecule has 6 heteroatoms. The second kappa shape index (κ2) is 7.06. The van der Waals surface area contributed by atoms with Gasteiger partial charge in [0.2, 0.25) is 5.91 Å². The van der Waals surface area contributed by atoms with Crippen LogP contribution >= 0.6 is 11.6 Å². The Morgan fingerprint density at radius 2 is 2.19 bits per heavy atom. The molecule has 2 rings (SSSR count). The monoisotopic (exact) mass is 304 g/mol. The molecule has 2 aromatic rings. The Morgan fingerprint density at radius 3 is 2.90 bits per heavy atom. The van der Waals surface area contributed by atoms with E-state index in [-0.39, 0.29) is 5.91 Å². The minimum atomic E-state index is -0.252. The van der Waals surface area contributed by atoms with Crippen LogP contribution in [0.15, 0.2) is 36.4 Å². The van der Waals surface area contributed by atoms with Gasteiger partial charge in [0.25, 0.3) is 0 Å². The maximum Gasteiger partial charge on any atom is 0.249 e. The summed E-state index contributed by atoms with van der Waals surface area (Å²) in [6.45, 7) is 0.734. The van der Waals surface area contributed by atoms with E-state index in [2.05, 4.69) is 15.5 Å². The van der Waals surface area contributed by atoms with Gasteiger partial charge >= 0.3 is 0 Å². The molecule has 2 N–H and O–H groups in total. The predicted molar refractivity (Wildman–Crippen MR) is 85.1 cm³/mol. The van der Waals surface area contributed by atoms with Crippen molar-refractivity contribution in [3.63, 3.8) is 0 Å². The lowest BCUT2D eigenvalue weighted by Crippen LogP contribution is -2.10. The zero-order valence-corrected chi connectivity index (χ0v) is 12.7. The van der Waals surface area contributed by atoms with Crippen molar-refractivity contribution in [1.82, 2.24) is 15.1 Å². The van der Waals surface area contributed by atoms with Gasteiger partial charge in [-0.1, -0.05) is 29.8 Å². The molecule has 21 heavy (non-hydrogen) atoms. The van der Waals surface area contributed by atoms with E-state index in [9.17, 15) is 4.79 Å². The minimum Gasteiger partial charge on any atom is -0.306 e. The van der Waals surface area contributed by atoms with E-state index < -0.39 is 0 Å². The molecule has 0 saturated carbocycles. The van der Waals surface area contributed by atoms with Crippen LogP contribution < -0.4 is 5.32 Å². The van der Waals surface area contributed by atoms with Crippen LogP contribution in [0.2, 0.25) is 5.02 Å². The maximum absolute atomic E-state index is 11.8. The molecular weight excluding hydrogens is 288 g/mol. The molecule has 0 saturated heterocycles. The highest BCUT2D eigenvalue weighted by Gasteiger charge is 2.04. The summed E-state index contributed by atoms with van der Waals surface area (Å²) in [6.07, 6.45) is 3.10. The number of hydrogen-bond donors (Lipinski definition) is 2. The van der Waals surface area contributed by atoms with Crippen molar-refractivity contribution >= 4 is 29.4 Å². The first-order chi connectivity index (χ1) is 10.0. The molecule has 1 aromatic carbocycles. The van der Waals surface area contributed by atoms with Gasteiger partial charge in [-0.3, -0.25) is 9.89 Å². The summed E-state index contributed by atoms with van der Waals surface area (Å²) in [7, 11) is 3.93. The number of nitrogens with zero attached hydrogens (tertiary/aromatic N) is 2. The van der Waals surface area contributed by atoms with E-state index in [1.807, 2.05) is 37.2 Å². The van der Waals surface area contributed by atoms with Crippen molar-refractivity contribution in [3.8, 4) is 0 Å². The van der Waals surface area contributed by atoms with Crippen LogP contribution in [0.25, 0.3) is 6.08 Å². The van der Waals surface area contributed by atoms with Gasteiger partial charge in [-0.05, 0) is 31.8 Å². The molecule has 110 valence electrons. The van der Waals surface area contributed by atoms with Crippen LogP contribution in [0.3, 0.4) is 0 Å². The number of carbonyl (C=O) groups is 1. The third-order valence-electron chi connectivity index (χ3n) is 2.69. The topological polar surface area (TPSA) is 61.0 Å².